The quantitative estimate of drug-likeness (QED) is 0.442. The zero-order valence-corrected chi connectivity index (χ0v) is 9.53. The van der Waals surface area contributed by atoms with E-state index in [0.29, 0.717) is 17.5 Å². The van der Waals surface area contributed by atoms with Crippen molar-refractivity contribution in [2.75, 3.05) is 5.43 Å². The number of anilines is 1. The molecule has 0 aliphatic carbocycles. The Hall–Kier alpha value is -1.80. The average molecular weight is 220 g/mol. The molecule has 5 heteroatoms. The van der Waals surface area contributed by atoms with E-state index in [1.165, 1.54) is 0 Å². The molecule has 1 heterocycles. The fourth-order valence-corrected chi connectivity index (χ4v) is 1.16. The number of rotatable bonds is 5. The van der Waals surface area contributed by atoms with Crippen molar-refractivity contribution in [3.05, 3.63) is 11.9 Å². The smallest absolute Gasteiger partial charge is 0.220 e. The van der Waals surface area contributed by atoms with Gasteiger partial charge < -0.3 is 10.2 Å². The molecule has 0 spiro atoms. The first-order valence-electron chi connectivity index (χ1n) is 5.17. The van der Waals surface area contributed by atoms with Gasteiger partial charge in [-0.05, 0) is 13.3 Å². The molecule has 0 aliphatic rings. The number of nitrogens with zero attached hydrogens (tertiary/aromatic N) is 2. The molecular weight excluding hydrogens is 204 g/mol. The van der Waals surface area contributed by atoms with Crippen LogP contribution in [0.15, 0.2) is 6.07 Å². The molecule has 0 radical (unpaired) electrons. The number of hydrazine groups is 1. The van der Waals surface area contributed by atoms with E-state index in [9.17, 15) is 0 Å². The van der Waals surface area contributed by atoms with Crippen molar-refractivity contribution in [3.63, 3.8) is 0 Å². The van der Waals surface area contributed by atoms with Crippen molar-refractivity contribution in [2.45, 2.75) is 32.8 Å². The van der Waals surface area contributed by atoms with E-state index in [1.54, 1.807) is 13.0 Å². The summed E-state index contributed by atoms with van der Waals surface area (Å²) in [6, 6.07) is 1.62. The predicted molar refractivity (Wildman–Crippen MR) is 62.8 cm³/mol. The molecule has 5 nitrogen and oxygen atoms in total. The lowest BCUT2D eigenvalue weighted by atomic mass is 10.3. The Kier molecular flexibility index (Phi) is 4.55. The van der Waals surface area contributed by atoms with Gasteiger partial charge in [-0.1, -0.05) is 12.8 Å². The highest BCUT2D eigenvalue weighted by Gasteiger charge is 2.06. The summed E-state index contributed by atoms with van der Waals surface area (Å²) in [5, 5.41) is 0. The lowest BCUT2D eigenvalue weighted by Crippen LogP contribution is -2.14. The number of nitrogens with one attached hydrogen (secondary N) is 1. The van der Waals surface area contributed by atoms with Gasteiger partial charge in [-0.15, -0.1) is 6.42 Å². The number of aryl methyl sites for hydroxylation is 1. The Labute approximate surface area is 95.4 Å². The Morgan fingerprint density at radius 3 is 2.94 bits per heavy atom. The molecule has 0 saturated heterocycles. The Balaban J connectivity index is 2.91. The second kappa shape index (κ2) is 5.93. The summed E-state index contributed by atoms with van der Waals surface area (Å²) in [5.41, 5.74) is 2.47. The predicted octanol–water partition coefficient (Wildman–Crippen LogP) is 1.12. The van der Waals surface area contributed by atoms with Gasteiger partial charge >= 0.3 is 0 Å². The van der Waals surface area contributed by atoms with Crippen LogP contribution in [0.4, 0.5) is 5.82 Å². The summed E-state index contributed by atoms with van der Waals surface area (Å²) in [6.07, 6.45) is 6.63. The molecule has 86 valence electrons. The first kappa shape index (κ1) is 12.3. The van der Waals surface area contributed by atoms with Gasteiger partial charge in [0.05, 0.1) is 0 Å². The van der Waals surface area contributed by atoms with Gasteiger partial charge in [0.1, 0.15) is 11.6 Å². The second-order valence-corrected chi connectivity index (χ2v) is 3.33. The summed E-state index contributed by atoms with van der Waals surface area (Å²) >= 11 is 0. The van der Waals surface area contributed by atoms with Gasteiger partial charge in [-0.3, -0.25) is 0 Å². The molecule has 1 aromatic heterocycles. The summed E-state index contributed by atoms with van der Waals surface area (Å²) in [4.78, 5) is 8.43. The van der Waals surface area contributed by atoms with Gasteiger partial charge in [0.25, 0.3) is 0 Å². The van der Waals surface area contributed by atoms with Crippen LogP contribution in [0.5, 0.6) is 5.88 Å². The topological polar surface area (TPSA) is 73.1 Å². The fraction of sp³-hybridized carbons (Fsp3) is 0.455. The van der Waals surface area contributed by atoms with E-state index in [1.807, 2.05) is 0 Å². The van der Waals surface area contributed by atoms with Crippen LogP contribution in [0.2, 0.25) is 0 Å². The first-order valence-corrected chi connectivity index (χ1v) is 5.17. The number of hydrogen-bond donors (Lipinski definition) is 2. The van der Waals surface area contributed by atoms with E-state index in [0.717, 1.165) is 12.8 Å². The molecule has 0 aromatic carbocycles. The summed E-state index contributed by atoms with van der Waals surface area (Å²) in [7, 11) is 0. The molecule has 1 rings (SSSR count). The standard InChI is InChI=1S/C11H16N4O/c1-4-6-9-13-10(15-12)7-11(14-9)16-8(3)5-2/h2,7-8H,4,6,12H2,1,3H3,(H,13,14,15). The third-order valence-corrected chi connectivity index (χ3v) is 1.90. The highest BCUT2D eigenvalue weighted by molar-refractivity contribution is 5.37. The third-order valence-electron chi connectivity index (χ3n) is 1.90. The Morgan fingerprint density at radius 1 is 1.62 bits per heavy atom. The minimum absolute atomic E-state index is 0.324. The van der Waals surface area contributed by atoms with Crippen LogP contribution in [0.25, 0.3) is 0 Å². The minimum atomic E-state index is -0.324. The molecule has 1 unspecified atom stereocenters. The molecule has 1 aromatic rings. The van der Waals surface area contributed by atoms with Gasteiger partial charge in [0, 0.05) is 12.5 Å². The number of ether oxygens (including phenoxy) is 1. The zero-order chi connectivity index (χ0) is 12.0. The highest BCUT2D eigenvalue weighted by atomic mass is 16.5. The van der Waals surface area contributed by atoms with Crippen LogP contribution in [0, 0.1) is 12.3 Å². The monoisotopic (exact) mass is 220 g/mol. The summed E-state index contributed by atoms with van der Waals surface area (Å²) < 4.78 is 5.41. The van der Waals surface area contributed by atoms with Gasteiger partial charge in [-0.25, -0.2) is 10.8 Å². The molecule has 0 fully saturated rings. The number of terminal acetylenes is 1. The average Bonchev–Trinajstić information content (AvgIpc) is 2.29. The molecule has 1 atom stereocenters. The minimum Gasteiger partial charge on any atom is -0.461 e. The lowest BCUT2D eigenvalue weighted by Gasteiger charge is -2.10. The lowest BCUT2D eigenvalue weighted by molar-refractivity contribution is 0.266. The van der Waals surface area contributed by atoms with Crippen molar-refractivity contribution < 1.29 is 4.74 Å². The van der Waals surface area contributed by atoms with Gasteiger partial charge in [0.15, 0.2) is 6.10 Å². The van der Waals surface area contributed by atoms with E-state index in [2.05, 4.69) is 28.2 Å². The van der Waals surface area contributed by atoms with E-state index < -0.39 is 0 Å². The van der Waals surface area contributed by atoms with Crippen molar-refractivity contribution in [3.8, 4) is 18.2 Å². The molecule has 0 amide bonds. The van der Waals surface area contributed by atoms with Crippen molar-refractivity contribution in [2.24, 2.45) is 5.84 Å². The van der Waals surface area contributed by atoms with E-state index in [4.69, 9.17) is 17.0 Å². The number of aromatic nitrogens is 2. The molecule has 0 saturated carbocycles. The number of nitrogens with two attached hydrogens (primary N) is 1. The normalized spacial score (nSPS) is 11.6. The second-order valence-electron chi connectivity index (χ2n) is 3.33. The van der Waals surface area contributed by atoms with E-state index >= 15 is 0 Å². The highest BCUT2D eigenvalue weighted by Crippen LogP contribution is 2.14. The molecule has 0 bridgehead atoms. The molecule has 16 heavy (non-hydrogen) atoms. The van der Waals surface area contributed by atoms with Crippen molar-refractivity contribution in [1.29, 1.82) is 0 Å². The maximum Gasteiger partial charge on any atom is 0.220 e. The van der Waals surface area contributed by atoms with Crippen LogP contribution in [-0.2, 0) is 6.42 Å². The fourth-order valence-electron chi connectivity index (χ4n) is 1.16. The van der Waals surface area contributed by atoms with Crippen LogP contribution < -0.4 is 16.0 Å². The number of nitrogen functional groups attached to an aromatic ring is 1. The SMILES string of the molecule is C#CC(C)Oc1cc(NN)nc(CCC)n1. The van der Waals surface area contributed by atoms with Crippen LogP contribution in [0.1, 0.15) is 26.1 Å². The van der Waals surface area contributed by atoms with E-state index in [-0.39, 0.29) is 6.10 Å². The largest absolute Gasteiger partial charge is 0.461 e. The number of hydrogen-bond acceptors (Lipinski definition) is 5. The molecular formula is C11H16N4O. The van der Waals surface area contributed by atoms with Crippen molar-refractivity contribution in [1.82, 2.24) is 9.97 Å². The van der Waals surface area contributed by atoms with Crippen molar-refractivity contribution >= 4 is 5.82 Å². The Bertz CT molecular complexity index is 386. The van der Waals surface area contributed by atoms with Crippen LogP contribution in [0.3, 0.4) is 0 Å². The van der Waals surface area contributed by atoms with Gasteiger partial charge in [0.2, 0.25) is 5.88 Å². The first-order chi connectivity index (χ1) is 7.69. The molecule has 3 N–H and O–H groups in total. The third kappa shape index (κ3) is 3.41. The maximum atomic E-state index is 5.41. The summed E-state index contributed by atoms with van der Waals surface area (Å²) in [6.45, 7) is 3.83. The Morgan fingerprint density at radius 2 is 2.38 bits per heavy atom. The zero-order valence-electron chi connectivity index (χ0n) is 9.53. The summed E-state index contributed by atoms with van der Waals surface area (Å²) in [5.74, 6) is 9.44. The van der Waals surface area contributed by atoms with Gasteiger partial charge in [-0.2, -0.15) is 4.98 Å². The molecule has 0 aliphatic heterocycles. The maximum absolute atomic E-state index is 5.41. The van der Waals surface area contributed by atoms with Crippen LogP contribution in [-0.4, -0.2) is 16.1 Å². The van der Waals surface area contributed by atoms with Crippen LogP contribution >= 0.6 is 0 Å².